The van der Waals surface area contributed by atoms with Gasteiger partial charge in [0.1, 0.15) is 0 Å². The van der Waals surface area contributed by atoms with Gasteiger partial charge < -0.3 is 20.3 Å². The second-order valence-corrected chi connectivity index (χ2v) is 5.55. The Morgan fingerprint density at radius 1 is 1.18 bits per heavy atom. The maximum atomic E-state index is 12.0. The molecule has 0 atom stereocenters. The maximum Gasteiger partial charge on any atom is 0.315 e. The number of benzene rings is 1. The Bertz CT molecular complexity index is 508. The summed E-state index contributed by atoms with van der Waals surface area (Å²) in [6, 6.07) is 7.19. The van der Waals surface area contributed by atoms with Gasteiger partial charge in [-0.1, -0.05) is 0 Å². The van der Waals surface area contributed by atoms with Crippen LogP contribution in [0.2, 0.25) is 0 Å². The molecule has 0 saturated carbocycles. The normalized spacial score (nSPS) is 14.8. The summed E-state index contributed by atoms with van der Waals surface area (Å²) in [4.78, 5) is 25.7. The van der Waals surface area contributed by atoms with Crippen LogP contribution in [-0.2, 0) is 4.74 Å². The van der Waals surface area contributed by atoms with Crippen molar-refractivity contribution in [2.75, 3.05) is 37.7 Å². The number of nitrogens with zero attached hydrogens (tertiary/aromatic N) is 1. The van der Waals surface area contributed by atoms with E-state index in [0.29, 0.717) is 5.56 Å². The molecule has 1 aromatic carbocycles. The minimum absolute atomic E-state index is 0.00451. The monoisotopic (exact) mass is 305 g/mol. The number of ketones is 1. The first-order valence-electron chi connectivity index (χ1n) is 7.56. The van der Waals surface area contributed by atoms with Crippen molar-refractivity contribution in [2.45, 2.75) is 19.9 Å². The standard InChI is InChI=1S/C16H23N3O3/c1-12(2)18-16(21)17-11-15(20)13-3-5-14(6-4-13)19-7-9-22-10-8-19/h3-6,12H,7-11H2,1-2H3,(H2,17,18,21). The van der Waals surface area contributed by atoms with Crippen molar-refractivity contribution < 1.29 is 14.3 Å². The molecule has 2 amide bonds. The molecule has 0 spiro atoms. The van der Waals surface area contributed by atoms with Gasteiger partial charge in [-0.25, -0.2) is 4.79 Å². The summed E-state index contributed by atoms with van der Waals surface area (Å²) in [6.45, 7) is 6.92. The Labute approximate surface area is 130 Å². The third kappa shape index (κ3) is 4.73. The van der Waals surface area contributed by atoms with E-state index in [9.17, 15) is 9.59 Å². The largest absolute Gasteiger partial charge is 0.378 e. The topological polar surface area (TPSA) is 70.7 Å². The van der Waals surface area contributed by atoms with E-state index in [0.717, 1.165) is 32.0 Å². The van der Waals surface area contributed by atoms with Crippen LogP contribution >= 0.6 is 0 Å². The van der Waals surface area contributed by atoms with Crippen LogP contribution in [-0.4, -0.2) is 50.7 Å². The van der Waals surface area contributed by atoms with Crippen LogP contribution in [0, 0.1) is 0 Å². The summed E-state index contributed by atoms with van der Waals surface area (Å²) in [6.07, 6.45) is 0. The number of urea groups is 1. The average molecular weight is 305 g/mol. The Morgan fingerprint density at radius 2 is 1.82 bits per heavy atom. The Hall–Kier alpha value is -2.08. The van der Waals surface area contributed by atoms with Crippen LogP contribution < -0.4 is 15.5 Å². The molecule has 0 radical (unpaired) electrons. The number of hydrogen-bond acceptors (Lipinski definition) is 4. The molecular weight excluding hydrogens is 282 g/mol. The van der Waals surface area contributed by atoms with Gasteiger partial charge in [0.05, 0.1) is 19.8 Å². The molecule has 22 heavy (non-hydrogen) atoms. The smallest absolute Gasteiger partial charge is 0.315 e. The van der Waals surface area contributed by atoms with Crippen molar-refractivity contribution in [3.63, 3.8) is 0 Å². The van der Waals surface area contributed by atoms with Gasteiger partial charge in [0.2, 0.25) is 0 Å². The van der Waals surface area contributed by atoms with Gasteiger partial charge in [-0.05, 0) is 38.1 Å². The van der Waals surface area contributed by atoms with Crippen LogP contribution in [0.1, 0.15) is 24.2 Å². The third-order valence-corrected chi connectivity index (χ3v) is 3.39. The molecule has 0 unspecified atom stereocenters. The van der Waals surface area contributed by atoms with E-state index in [4.69, 9.17) is 4.74 Å². The molecule has 1 saturated heterocycles. The van der Waals surface area contributed by atoms with Gasteiger partial charge in [0, 0.05) is 30.4 Å². The van der Waals surface area contributed by atoms with Crippen LogP contribution in [0.5, 0.6) is 0 Å². The summed E-state index contributed by atoms with van der Waals surface area (Å²) in [5, 5.41) is 5.24. The lowest BCUT2D eigenvalue weighted by Crippen LogP contribution is -2.41. The van der Waals surface area contributed by atoms with Gasteiger partial charge in [-0.3, -0.25) is 4.79 Å². The average Bonchev–Trinajstić information content (AvgIpc) is 2.53. The molecule has 1 aliphatic rings. The number of anilines is 1. The number of amides is 2. The van der Waals surface area contributed by atoms with E-state index < -0.39 is 0 Å². The Kier molecular flexibility index (Phi) is 5.77. The van der Waals surface area contributed by atoms with Crippen LogP contribution in [0.15, 0.2) is 24.3 Å². The van der Waals surface area contributed by atoms with Crippen LogP contribution in [0.25, 0.3) is 0 Å². The zero-order valence-electron chi connectivity index (χ0n) is 13.1. The lowest BCUT2D eigenvalue weighted by Gasteiger charge is -2.28. The van der Waals surface area contributed by atoms with Crippen molar-refractivity contribution in [3.8, 4) is 0 Å². The van der Waals surface area contributed by atoms with Gasteiger partial charge in [0.25, 0.3) is 0 Å². The van der Waals surface area contributed by atoms with Crippen LogP contribution in [0.4, 0.5) is 10.5 Å². The minimum atomic E-state index is -0.326. The number of ether oxygens (including phenoxy) is 1. The number of Topliss-reactive ketones (excluding diaryl/α,β-unsaturated/α-hetero) is 1. The number of rotatable bonds is 5. The van der Waals surface area contributed by atoms with E-state index in [1.807, 2.05) is 26.0 Å². The SMILES string of the molecule is CC(C)NC(=O)NCC(=O)c1ccc(N2CCOCC2)cc1. The van der Waals surface area contributed by atoms with Crippen molar-refractivity contribution in [3.05, 3.63) is 29.8 Å². The molecule has 2 N–H and O–H groups in total. The zero-order chi connectivity index (χ0) is 15.9. The van der Waals surface area contributed by atoms with Crippen molar-refractivity contribution in [1.82, 2.24) is 10.6 Å². The maximum absolute atomic E-state index is 12.0. The molecule has 1 fully saturated rings. The van der Waals surface area contributed by atoms with Crippen molar-refractivity contribution in [2.24, 2.45) is 0 Å². The van der Waals surface area contributed by atoms with E-state index >= 15 is 0 Å². The van der Waals surface area contributed by atoms with Crippen LogP contribution in [0.3, 0.4) is 0 Å². The third-order valence-electron chi connectivity index (χ3n) is 3.39. The van der Waals surface area contributed by atoms with E-state index in [-0.39, 0.29) is 24.4 Å². The summed E-state index contributed by atoms with van der Waals surface area (Å²) in [7, 11) is 0. The lowest BCUT2D eigenvalue weighted by atomic mass is 10.1. The molecule has 1 heterocycles. The second kappa shape index (κ2) is 7.79. The van der Waals surface area contributed by atoms with Gasteiger partial charge in [0.15, 0.2) is 5.78 Å². The molecule has 1 aromatic rings. The molecule has 0 bridgehead atoms. The first-order chi connectivity index (χ1) is 10.6. The summed E-state index contributed by atoms with van der Waals surface area (Å²) < 4.78 is 5.32. The highest BCUT2D eigenvalue weighted by atomic mass is 16.5. The first-order valence-corrected chi connectivity index (χ1v) is 7.56. The minimum Gasteiger partial charge on any atom is -0.378 e. The number of nitrogens with one attached hydrogen (secondary N) is 2. The first kappa shape index (κ1) is 16.3. The molecule has 0 aliphatic carbocycles. The van der Waals surface area contributed by atoms with Gasteiger partial charge in [-0.15, -0.1) is 0 Å². The summed E-state index contributed by atoms with van der Waals surface area (Å²) in [5.74, 6) is -0.104. The molecule has 0 aromatic heterocycles. The number of morpholine rings is 1. The Morgan fingerprint density at radius 3 is 2.41 bits per heavy atom. The number of carbonyl (C=O) groups excluding carboxylic acids is 2. The highest BCUT2D eigenvalue weighted by Crippen LogP contribution is 2.16. The quantitative estimate of drug-likeness (QED) is 0.807. The van der Waals surface area contributed by atoms with Gasteiger partial charge in [-0.2, -0.15) is 0 Å². The molecule has 2 rings (SSSR count). The second-order valence-electron chi connectivity index (χ2n) is 5.55. The Balaban J connectivity index is 1.86. The zero-order valence-corrected chi connectivity index (χ0v) is 13.1. The number of hydrogen-bond donors (Lipinski definition) is 2. The summed E-state index contributed by atoms with van der Waals surface area (Å²) in [5.41, 5.74) is 1.69. The van der Waals surface area contributed by atoms with E-state index in [2.05, 4.69) is 15.5 Å². The summed E-state index contributed by atoms with van der Waals surface area (Å²) >= 11 is 0. The van der Waals surface area contributed by atoms with E-state index in [1.165, 1.54) is 0 Å². The molecule has 6 nitrogen and oxygen atoms in total. The predicted molar refractivity (Wildman–Crippen MR) is 85.5 cm³/mol. The predicted octanol–water partition coefficient (Wildman–Crippen LogP) is 1.41. The van der Waals surface area contributed by atoms with Crippen molar-refractivity contribution in [1.29, 1.82) is 0 Å². The highest BCUT2D eigenvalue weighted by Gasteiger charge is 2.13. The fraction of sp³-hybridized carbons (Fsp3) is 0.500. The molecule has 1 aliphatic heterocycles. The fourth-order valence-corrected chi connectivity index (χ4v) is 2.26. The number of carbonyl (C=O) groups is 2. The fourth-order valence-electron chi connectivity index (χ4n) is 2.26. The van der Waals surface area contributed by atoms with Crippen molar-refractivity contribution >= 4 is 17.5 Å². The highest BCUT2D eigenvalue weighted by molar-refractivity contribution is 5.99. The van der Waals surface area contributed by atoms with Gasteiger partial charge >= 0.3 is 6.03 Å². The molecule has 120 valence electrons. The lowest BCUT2D eigenvalue weighted by molar-refractivity contribution is 0.0992. The molecular formula is C16H23N3O3. The van der Waals surface area contributed by atoms with E-state index in [1.54, 1.807) is 12.1 Å². The molecule has 6 heteroatoms.